The zero-order valence-electron chi connectivity index (χ0n) is 8.06. The van der Waals surface area contributed by atoms with Crippen LogP contribution in [-0.2, 0) is 0 Å². The van der Waals surface area contributed by atoms with Crippen LogP contribution in [0.5, 0.6) is 0 Å². The Morgan fingerprint density at radius 2 is 2.21 bits per heavy atom. The van der Waals surface area contributed by atoms with E-state index in [9.17, 15) is 4.39 Å². The summed E-state index contributed by atoms with van der Waals surface area (Å²) in [5.41, 5.74) is 0.590. The SMILES string of the molecule is CC(Nc1c(F)cccc1Br)C1CC1. The first-order valence-corrected chi connectivity index (χ1v) is 5.68. The molecule has 1 unspecified atom stereocenters. The second-order valence-electron chi connectivity index (χ2n) is 3.87. The molecule has 2 rings (SSSR count). The van der Waals surface area contributed by atoms with Crippen LogP contribution in [0.25, 0.3) is 0 Å². The number of halogens is 2. The van der Waals surface area contributed by atoms with Crippen LogP contribution in [0, 0.1) is 11.7 Å². The first-order chi connectivity index (χ1) is 6.68. The van der Waals surface area contributed by atoms with Crippen LogP contribution in [-0.4, -0.2) is 6.04 Å². The molecule has 76 valence electrons. The number of anilines is 1. The lowest BCUT2D eigenvalue weighted by Crippen LogP contribution is -2.18. The average molecular weight is 258 g/mol. The van der Waals surface area contributed by atoms with Gasteiger partial charge in [-0.3, -0.25) is 0 Å². The maximum Gasteiger partial charge on any atom is 0.147 e. The van der Waals surface area contributed by atoms with Crippen LogP contribution in [0.3, 0.4) is 0 Å². The van der Waals surface area contributed by atoms with Crippen LogP contribution >= 0.6 is 15.9 Å². The van der Waals surface area contributed by atoms with Crippen molar-refractivity contribution in [3.05, 3.63) is 28.5 Å². The van der Waals surface area contributed by atoms with E-state index in [4.69, 9.17) is 0 Å². The van der Waals surface area contributed by atoms with Crippen molar-refractivity contribution in [2.24, 2.45) is 5.92 Å². The number of benzene rings is 1. The van der Waals surface area contributed by atoms with Gasteiger partial charge in [0.05, 0.1) is 5.69 Å². The molecule has 0 aliphatic heterocycles. The van der Waals surface area contributed by atoms with Gasteiger partial charge in [-0.05, 0) is 53.7 Å². The highest BCUT2D eigenvalue weighted by molar-refractivity contribution is 9.10. The van der Waals surface area contributed by atoms with Gasteiger partial charge in [0.2, 0.25) is 0 Å². The standard InChI is InChI=1S/C11H13BrFN/c1-7(8-5-6-8)14-11-9(12)3-2-4-10(11)13/h2-4,7-8,14H,5-6H2,1H3. The van der Waals surface area contributed by atoms with E-state index in [-0.39, 0.29) is 5.82 Å². The molecule has 1 N–H and O–H groups in total. The van der Waals surface area contributed by atoms with E-state index >= 15 is 0 Å². The smallest absolute Gasteiger partial charge is 0.147 e. The van der Waals surface area contributed by atoms with Crippen LogP contribution in [0.15, 0.2) is 22.7 Å². The van der Waals surface area contributed by atoms with Crippen LogP contribution in [0.2, 0.25) is 0 Å². The fourth-order valence-corrected chi connectivity index (χ4v) is 2.03. The maximum absolute atomic E-state index is 13.4. The molecule has 1 fully saturated rings. The van der Waals surface area contributed by atoms with Crippen LogP contribution in [0.1, 0.15) is 19.8 Å². The first kappa shape index (κ1) is 9.97. The molecule has 1 aliphatic rings. The van der Waals surface area contributed by atoms with Gasteiger partial charge in [-0.2, -0.15) is 0 Å². The van der Waals surface area contributed by atoms with E-state index in [1.807, 2.05) is 6.07 Å². The molecule has 1 aromatic rings. The lowest BCUT2D eigenvalue weighted by atomic mass is 10.2. The summed E-state index contributed by atoms with van der Waals surface area (Å²) in [6.45, 7) is 2.11. The van der Waals surface area contributed by atoms with Gasteiger partial charge in [-0.1, -0.05) is 6.07 Å². The Bertz CT molecular complexity index is 316. The monoisotopic (exact) mass is 257 g/mol. The summed E-state index contributed by atoms with van der Waals surface area (Å²) in [6.07, 6.45) is 2.53. The third-order valence-corrected chi connectivity index (χ3v) is 3.32. The topological polar surface area (TPSA) is 12.0 Å². The largest absolute Gasteiger partial charge is 0.379 e. The van der Waals surface area contributed by atoms with Crippen molar-refractivity contribution in [3.63, 3.8) is 0 Å². The Kier molecular flexibility index (Phi) is 2.77. The molecule has 14 heavy (non-hydrogen) atoms. The summed E-state index contributed by atoms with van der Waals surface area (Å²) in [4.78, 5) is 0. The van der Waals surface area contributed by atoms with Crippen molar-refractivity contribution in [3.8, 4) is 0 Å². The molecule has 0 bridgehead atoms. The van der Waals surface area contributed by atoms with Crippen molar-refractivity contribution in [2.75, 3.05) is 5.32 Å². The summed E-state index contributed by atoms with van der Waals surface area (Å²) >= 11 is 3.34. The lowest BCUT2D eigenvalue weighted by molar-refractivity contribution is 0.618. The van der Waals surface area contributed by atoms with Gasteiger partial charge in [0.25, 0.3) is 0 Å². The number of hydrogen-bond donors (Lipinski definition) is 1. The second kappa shape index (κ2) is 3.89. The van der Waals surface area contributed by atoms with E-state index in [1.54, 1.807) is 6.07 Å². The van der Waals surface area contributed by atoms with Crippen molar-refractivity contribution < 1.29 is 4.39 Å². The van der Waals surface area contributed by atoms with Gasteiger partial charge in [0.15, 0.2) is 0 Å². The highest BCUT2D eigenvalue weighted by atomic mass is 79.9. The number of nitrogens with one attached hydrogen (secondary N) is 1. The number of para-hydroxylation sites is 1. The van der Waals surface area contributed by atoms with Crippen molar-refractivity contribution >= 4 is 21.6 Å². The van der Waals surface area contributed by atoms with Gasteiger partial charge in [-0.25, -0.2) is 4.39 Å². The molecular weight excluding hydrogens is 245 g/mol. The van der Waals surface area contributed by atoms with Crippen molar-refractivity contribution in [2.45, 2.75) is 25.8 Å². The molecule has 0 heterocycles. The fourth-order valence-electron chi connectivity index (χ4n) is 1.58. The quantitative estimate of drug-likeness (QED) is 0.869. The molecule has 1 saturated carbocycles. The molecule has 0 radical (unpaired) electrons. The Labute approximate surface area is 91.8 Å². The fraction of sp³-hybridized carbons (Fsp3) is 0.455. The highest BCUT2D eigenvalue weighted by Gasteiger charge is 2.28. The van der Waals surface area contributed by atoms with E-state index in [0.717, 1.165) is 10.4 Å². The molecule has 1 nitrogen and oxygen atoms in total. The predicted molar refractivity (Wildman–Crippen MR) is 59.9 cm³/mol. The summed E-state index contributed by atoms with van der Waals surface area (Å²) in [5.74, 6) is 0.536. The Morgan fingerprint density at radius 3 is 2.79 bits per heavy atom. The summed E-state index contributed by atoms with van der Waals surface area (Å²) < 4.78 is 14.2. The molecule has 0 saturated heterocycles. The van der Waals surface area contributed by atoms with Crippen LogP contribution < -0.4 is 5.32 Å². The van der Waals surface area contributed by atoms with Crippen LogP contribution in [0.4, 0.5) is 10.1 Å². The van der Waals surface area contributed by atoms with E-state index < -0.39 is 0 Å². The van der Waals surface area contributed by atoms with Gasteiger partial charge in [0, 0.05) is 10.5 Å². The predicted octanol–water partition coefficient (Wildman–Crippen LogP) is 3.80. The zero-order chi connectivity index (χ0) is 10.1. The Balaban J connectivity index is 2.14. The number of rotatable bonds is 3. The first-order valence-electron chi connectivity index (χ1n) is 4.89. The Morgan fingerprint density at radius 1 is 1.50 bits per heavy atom. The summed E-state index contributed by atoms with van der Waals surface area (Å²) in [6, 6.07) is 5.40. The lowest BCUT2D eigenvalue weighted by Gasteiger charge is -2.16. The van der Waals surface area contributed by atoms with Crippen molar-refractivity contribution in [1.82, 2.24) is 0 Å². The highest BCUT2D eigenvalue weighted by Crippen LogP contribution is 2.35. The summed E-state index contributed by atoms with van der Waals surface area (Å²) in [7, 11) is 0. The van der Waals surface area contributed by atoms with Crippen molar-refractivity contribution in [1.29, 1.82) is 0 Å². The molecule has 3 heteroatoms. The summed E-state index contributed by atoms with van der Waals surface area (Å²) in [5, 5.41) is 3.22. The molecule has 0 amide bonds. The molecule has 0 aromatic heterocycles. The van der Waals surface area contributed by atoms with E-state index in [0.29, 0.717) is 11.7 Å². The average Bonchev–Trinajstić information content (AvgIpc) is 2.94. The normalized spacial score (nSPS) is 17.9. The molecular formula is C11H13BrFN. The molecule has 0 spiro atoms. The zero-order valence-corrected chi connectivity index (χ0v) is 9.64. The maximum atomic E-state index is 13.4. The van der Waals surface area contributed by atoms with Gasteiger partial charge < -0.3 is 5.32 Å². The van der Waals surface area contributed by atoms with Gasteiger partial charge >= 0.3 is 0 Å². The van der Waals surface area contributed by atoms with Gasteiger partial charge in [0.1, 0.15) is 5.82 Å². The van der Waals surface area contributed by atoms with E-state index in [2.05, 4.69) is 28.2 Å². The third-order valence-electron chi connectivity index (χ3n) is 2.66. The van der Waals surface area contributed by atoms with E-state index in [1.165, 1.54) is 18.9 Å². The minimum Gasteiger partial charge on any atom is -0.379 e. The van der Waals surface area contributed by atoms with Gasteiger partial charge in [-0.15, -0.1) is 0 Å². The minimum absolute atomic E-state index is 0.188. The molecule has 1 aliphatic carbocycles. The third kappa shape index (κ3) is 2.08. The Hall–Kier alpha value is -0.570. The number of hydrogen-bond acceptors (Lipinski definition) is 1. The molecule has 1 atom stereocenters. The second-order valence-corrected chi connectivity index (χ2v) is 4.72. The minimum atomic E-state index is -0.188. The molecule has 1 aromatic carbocycles.